The number of nitrogens with two attached hydrogens (primary N) is 1. The number of halogens is 3. The highest BCUT2D eigenvalue weighted by atomic mass is 79.9. The molecule has 0 fully saturated rings. The molecule has 0 aromatic heterocycles. The highest BCUT2D eigenvalue weighted by Crippen LogP contribution is 2.23. The van der Waals surface area contributed by atoms with Crippen LogP contribution in [0.4, 0.5) is 5.69 Å². The first-order chi connectivity index (χ1) is 9.45. The maximum Gasteiger partial charge on any atom is 0.338 e. The quantitative estimate of drug-likeness (QED) is 0.574. The van der Waals surface area contributed by atoms with Crippen LogP contribution >= 0.6 is 43.5 Å². The number of hydrogen-bond acceptors (Lipinski definition) is 3. The van der Waals surface area contributed by atoms with Crippen LogP contribution in [0.1, 0.15) is 15.9 Å². The Kier molecular flexibility index (Phi) is 5.07. The van der Waals surface area contributed by atoms with Crippen molar-refractivity contribution in [2.24, 2.45) is 0 Å². The maximum absolute atomic E-state index is 11.9. The molecule has 0 saturated heterocycles. The van der Waals surface area contributed by atoms with E-state index in [4.69, 9.17) is 22.1 Å². The van der Waals surface area contributed by atoms with Crippen LogP contribution in [-0.4, -0.2) is 5.97 Å². The molecule has 0 aliphatic rings. The van der Waals surface area contributed by atoms with Gasteiger partial charge < -0.3 is 10.5 Å². The molecule has 2 aromatic rings. The molecule has 0 heterocycles. The van der Waals surface area contributed by atoms with E-state index in [2.05, 4.69) is 31.9 Å². The van der Waals surface area contributed by atoms with Gasteiger partial charge in [-0.05, 0) is 30.3 Å². The van der Waals surface area contributed by atoms with E-state index in [1.165, 1.54) is 0 Å². The number of hydrogen-bond donors (Lipinski definition) is 1. The summed E-state index contributed by atoms with van der Waals surface area (Å²) in [5.74, 6) is -0.447. The van der Waals surface area contributed by atoms with E-state index >= 15 is 0 Å². The molecule has 0 saturated carbocycles. The third-order valence-corrected chi connectivity index (χ3v) is 3.83. The number of esters is 1. The SMILES string of the molecule is Nc1cc(Br)cc(C(=O)OCc2ccc(Br)cc2Cl)c1. The summed E-state index contributed by atoms with van der Waals surface area (Å²) >= 11 is 12.7. The van der Waals surface area contributed by atoms with Crippen molar-refractivity contribution in [3.05, 3.63) is 61.5 Å². The van der Waals surface area contributed by atoms with Gasteiger partial charge in [-0.2, -0.15) is 0 Å². The second-order valence-electron chi connectivity index (χ2n) is 4.09. The topological polar surface area (TPSA) is 52.3 Å². The minimum atomic E-state index is -0.447. The number of rotatable bonds is 3. The van der Waals surface area contributed by atoms with Crippen molar-refractivity contribution < 1.29 is 9.53 Å². The van der Waals surface area contributed by atoms with Crippen molar-refractivity contribution in [2.45, 2.75) is 6.61 Å². The van der Waals surface area contributed by atoms with Crippen LogP contribution in [0.25, 0.3) is 0 Å². The Bertz CT molecular complexity index is 641. The van der Waals surface area contributed by atoms with E-state index < -0.39 is 5.97 Å². The van der Waals surface area contributed by atoms with Crippen molar-refractivity contribution in [1.82, 2.24) is 0 Å². The summed E-state index contributed by atoms with van der Waals surface area (Å²) in [4.78, 5) is 11.9. The predicted octanol–water partition coefficient (Wildman–Crippen LogP) is 4.80. The van der Waals surface area contributed by atoms with Gasteiger partial charge in [0.2, 0.25) is 0 Å². The Balaban J connectivity index is 2.08. The highest BCUT2D eigenvalue weighted by molar-refractivity contribution is 9.10. The fourth-order valence-electron chi connectivity index (χ4n) is 1.60. The lowest BCUT2D eigenvalue weighted by Gasteiger charge is -2.08. The molecule has 20 heavy (non-hydrogen) atoms. The maximum atomic E-state index is 11.9. The molecule has 0 unspecified atom stereocenters. The van der Waals surface area contributed by atoms with Gasteiger partial charge in [0.15, 0.2) is 0 Å². The number of carbonyl (C=O) groups excluding carboxylic acids is 1. The Morgan fingerprint density at radius 2 is 1.90 bits per heavy atom. The Morgan fingerprint density at radius 3 is 2.55 bits per heavy atom. The highest BCUT2D eigenvalue weighted by Gasteiger charge is 2.10. The summed E-state index contributed by atoms with van der Waals surface area (Å²) in [6.45, 7) is 0.108. The van der Waals surface area contributed by atoms with Gasteiger partial charge in [0.05, 0.1) is 5.56 Å². The molecular weight excluding hydrogens is 409 g/mol. The van der Waals surface area contributed by atoms with Gasteiger partial charge in [-0.15, -0.1) is 0 Å². The van der Waals surface area contributed by atoms with Gasteiger partial charge in [-0.1, -0.05) is 49.5 Å². The van der Waals surface area contributed by atoms with Crippen molar-refractivity contribution in [3.8, 4) is 0 Å². The molecule has 104 valence electrons. The summed E-state index contributed by atoms with van der Waals surface area (Å²) in [7, 11) is 0. The van der Waals surface area contributed by atoms with Gasteiger partial charge >= 0.3 is 5.97 Å². The minimum absolute atomic E-state index is 0.108. The van der Waals surface area contributed by atoms with E-state index in [0.717, 1.165) is 14.5 Å². The third-order valence-electron chi connectivity index (χ3n) is 2.53. The molecule has 0 amide bonds. The smallest absolute Gasteiger partial charge is 0.338 e. The van der Waals surface area contributed by atoms with E-state index in [1.54, 1.807) is 30.3 Å². The van der Waals surface area contributed by atoms with E-state index in [0.29, 0.717) is 16.3 Å². The fraction of sp³-hybridized carbons (Fsp3) is 0.0714. The zero-order chi connectivity index (χ0) is 14.7. The molecule has 6 heteroatoms. The lowest BCUT2D eigenvalue weighted by Crippen LogP contribution is -2.06. The molecule has 2 aromatic carbocycles. The number of anilines is 1. The monoisotopic (exact) mass is 417 g/mol. The summed E-state index contributed by atoms with van der Waals surface area (Å²) in [6.07, 6.45) is 0. The number of nitrogen functional groups attached to an aromatic ring is 1. The predicted molar refractivity (Wildman–Crippen MR) is 86.8 cm³/mol. The number of carbonyl (C=O) groups is 1. The summed E-state index contributed by atoms with van der Waals surface area (Å²) < 4.78 is 6.83. The Hall–Kier alpha value is -1.04. The first kappa shape index (κ1) is 15.4. The average molecular weight is 420 g/mol. The van der Waals surface area contributed by atoms with Crippen molar-refractivity contribution >= 4 is 55.1 Å². The van der Waals surface area contributed by atoms with Gasteiger partial charge in [0.1, 0.15) is 6.61 Å². The molecule has 0 bridgehead atoms. The van der Waals surface area contributed by atoms with Crippen molar-refractivity contribution in [1.29, 1.82) is 0 Å². The van der Waals surface area contributed by atoms with Crippen LogP contribution in [0.2, 0.25) is 5.02 Å². The van der Waals surface area contributed by atoms with Crippen LogP contribution in [0.5, 0.6) is 0 Å². The zero-order valence-electron chi connectivity index (χ0n) is 10.2. The largest absolute Gasteiger partial charge is 0.457 e. The average Bonchev–Trinajstić information content (AvgIpc) is 2.36. The Morgan fingerprint density at radius 1 is 1.15 bits per heavy atom. The summed E-state index contributed by atoms with van der Waals surface area (Å²) in [5.41, 5.74) is 7.31. The van der Waals surface area contributed by atoms with Crippen LogP contribution in [0.15, 0.2) is 45.3 Å². The molecule has 0 aliphatic carbocycles. The lowest BCUT2D eigenvalue weighted by atomic mass is 10.2. The lowest BCUT2D eigenvalue weighted by molar-refractivity contribution is 0.0473. The van der Waals surface area contributed by atoms with Gasteiger partial charge in [-0.3, -0.25) is 0 Å². The number of ether oxygens (including phenoxy) is 1. The van der Waals surface area contributed by atoms with E-state index in [9.17, 15) is 4.79 Å². The first-order valence-corrected chi connectivity index (χ1v) is 7.59. The van der Waals surface area contributed by atoms with E-state index in [-0.39, 0.29) is 6.61 Å². The molecule has 0 atom stereocenters. The molecule has 2 rings (SSSR count). The van der Waals surface area contributed by atoms with Gasteiger partial charge in [-0.25, -0.2) is 4.79 Å². The second kappa shape index (κ2) is 6.61. The number of benzene rings is 2. The van der Waals surface area contributed by atoms with Gasteiger partial charge in [0, 0.05) is 25.2 Å². The van der Waals surface area contributed by atoms with Crippen molar-refractivity contribution in [3.63, 3.8) is 0 Å². The molecule has 0 aliphatic heterocycles. The molecule has 0 spiro atoms. The normalized spacial score (nSPS) is 10.3. The van der Waals surface area contributed by atoms with Crippen molar-refractivity contribution in [2.75, 3.05) is 5.73 Å². The minimum Gasteiger partial charge on any atom is -0.457 e. The standard InChI is InChI=1S/C14H10Br2ClNO2/c15-10-2-1-8(13(17)6-10)7-20-14(19)9-3-11(16)5-12(18)4-9/h1-6H,7,18H2. The third kappa shape index (κ3) is 3.98. The fourth-order valence-corrected chi connectivity index (χ4v) is 2.83. The molecule has 2 N–H and O–H groups in total. The van der Waals surface area contributed by atoms with Crippen LogP contribution < -0.4 is 5.73 Å². The molecule has 0 radical (unpaired) electrons. The van der Waals surface area contributed by atoms with Crippen LogP contribution in [0, 0.1) is 0 Å². The Labute approximate surface area is 138 Å². The summed E-state index contributed by atoms with van der Waals surface area (Å²) in [6, 6.07) is 10.3. The zero-order valence-corrected chi connectivity index (χ0v) is 14.1. The first-order valence-electron chi connectivity index (χ1n) is 5.63. The molecular formula is C14H10Br2ClNO2. The van der Waals surface area contributed by atoms with E-state index in [1.807, 2.05) is 6.07 Å². The van der Waals surface area contributed by atoms with Crippen LogP contribution in [-0.2, 0) is 11.3 Å². The van der Waals surface area contributed by atoms with Crippen LogP contribution in [0.3, 0.4) is 0 Å². The van der Waals surface area contributed by atoms with Gasteiger partial charge in [0.25, 0.3) is 0 Å². The second-order valence-corrected chi connectivity index (χ2v) is 6.32. The summed E-state index contributed by atoms with van der Waals surface area (Å²) in [5, 5.41) is 0.543. The molecule has 3 nitrogen and oxygen atoms in total.